The van der Waals surface area contributed by atoms with Crippen molar-refractivity contribution < 1.29 is 9.72 Å². The summed E-state index contributed by atoms with van der Waals surface area (Å²) in [7, 11) is 0. The van der Waals surface area contributed by atoms with Crippen LogP contribution in [0.1, 0.15) is 21.7 Å². The highest BCUT2D eigenvalue weighted by atomic mass is 32.1. The van der Waals surface area contributed by atoms with E-state index in [-0.39, 0.29) is 23.7 Å². The van der Waals surface area contributed by atoms with Crippen LogP contribution in [0.5, 0.6) is 0 Å². The molecule has 108 valence electrons. The topological polar surface area (TPSA) is 60.2 Å². The monoisotopic (exact) mass is 301 g/mol. The first-order valence-electron chi connectivity index (χ1n) is 6.57. The maximum atomic E-state index is 12.1. The minimum Gasteiger partial charge on any atom is -0.293 e. The Labute approximate surface area is 126 Å². The van der Waals surface area contributed by atoms with E-state index in [1.54, 1.807) is 18.2 Å². The van der Waals surface area contributed by atoms with Gasteiger partial charge in [0, 0.05) is 17.3 Å². The second-order valence-corrected chi connectivity index (χ2v) is 5.60. The average molecular weight is 301 g/mol. The predicted octanol–water partition coefficient (Wildman–Crippen LogP) is 3.93. The average Bonchev–Trinajstić information content (AvgIpc) is 2.99. The standard InChI is InChI=1S/C16H15NO3S/c18-15(16-7-4-10-21-16)11-14(12-17(19)20)9-8-13-5-2-1-3-6-13/h1-10,14H,11-12H2/b9-8+. The molecule has 1 heterocycles. The van der Waals surface area contributed by atoms with E-state index < -0.39 is 5.92 Å². The van der Waals surface area contributed by atoms with Crippen molar-refractivity contribution in [2.45, 2.75) is 6.42 Å². The lowest BCUT2D eigenvalue weighted by molar-refractivity contribution is -0.485. The Morgan fingerprint density at radius 2 is 2.00 bits per heavy atom. The van der Waals surface area contributed by atoms with E-state index in [2.05, 4.69) is 0 Å². The highest BCUT2D eigenvalue weighted by molar-refractivity contribution is 7.12. The molecule has 0 bridgehead atoms. The molecular weight excluding hydrogens is 286 g/mol. The first kappa shape index (κ1) is 15.1. The molecule has 21 heavy (non-hydrogen) atoms. The first-order valence-corrected chi connectivity index (χ1v) is 7.45. The number of rotatable bonds is 7. The molecule has 1 aromatic heterocycles. The Hall–Kier alpha value is -2.27. The molecule has 1 atom stereocenters. The molecule has 0 aliphatic rings. The van der Waals surface area contributed by atoms with Gasteiger partial charge < -0.3 is 0 Å². The zero-order valence-corrected chi connectivity index (χ0v) is 12.2. The molecule has 0 aliphatic carbocycles. The Balaban J connectivity index is 2.06. The van der Waals surface area contributed by atoms with Crippen molar-refractivity contribution in [1.82, 2.24) is 0 Å². The Bertz CT molecular complexity index is 620. The van der Waals surface area contributed by atoms with Crippen LogP contribution < -0.4 is 0 Å². The summed E-state index contributed by atoms with van der Waals surface area (Å²) in [6.45, 7) is -0.236. The van der Waals surface area contributed by atoms with E-state index in [4.69, 9.17) is 0 Å². The number of carbonyl (C=O) groups excluding carboxylic acids is 1. The third-order valence-electron chi connectivity index (χ3n) is 2.99. The number of hydrogen-bond donors (Lipinski definition) is 0. The molecule has 0 aliphatic heterocycles. The summed E-state index contributed by atoms with van der Waals surface area (Å²) in [5, 5.41) is 12.6. The zero-order chi connectivity index (χ0) is 15.1. The van der Waals surface area contributed by atoms with Crippen LogP contribution in [0.25, 0.3) is 6.08 Å². The van der Waals surface area contributed by atoms with E-state index in [9.17, 15) is 14.9 Å². The molecule has 0 saturated heterocycles. The van der Waals surface area contributed by atoms with Crippen molar-refractivity contribution in [2.75, 3.05) is 6.54 Å². The summed E-state index contributed by atoms with van der Waals surface area (Å²) in [6.07, 6.45) is 3.74. The minimum atomic E-state index is -0.394. The summed E-state index contributed by atoms with van der Waals surface area (Å²) in [5.41, 5.74) is 0.967. The van der Waals surface area contributed by atoms with Gasteiger partial charge in [0.15, 0.2) is 5.78 Å². The number of nitrogens with zero attached hydrogens (tertiary/aromatic N) is 1. The maximum absolute atomic E-state index is 12.1. The Kier molecular flexibility index (Phi) is 5.40. The molecule has 0 amide bonds. The number of carbonyl (C=O) groups is 1. The lowest BCUT2D eigenvalue weighted by atomic mass is 10.00. The van der Waals surface area contributed by atoms with Crippen molar-refractivity contribution in [3.8, 4) is 0 Å². The van der Waals surface area contributed by atoms with E-state index >= 15 is 0 Å². The largest absolute Gasteiger partial charge is 0.293 e. The smallest absolute Gasteiger partial charge is 0.210 e. The van der Waals surface area contributed by atoms with Crippen LogP contribution in [0.3, 0.4) is 0 Å². The number of hydrogen-bond acceptors (Lipinski definition) is 4. The van der Waals surface area contributed by atoms with Gasteiger partial charge >= 0.3 is 0 Å². The fourth-order valence-corrected chi connectivity index (χ4v) is 2.65. The summed E-state index contributed by atoms with van der Waals surface area (Å²) in [6, 6.07) is 13.1. The summed E-state index contributed by atoms with van der Waals surface area (Å²) < 4.78 is 0. The molecule has 0 spiro atoms. The number of benzene rings is 1. The molecule has 2 aromatic rings. The van der Waals surface area contributed by atoms with Gasteiger partial charge in [-0.3, -0.25) is 14.9 Å². The lowest BCUT2D eigenvalue weighted by Gasteiger charge is -2.06. The Morgan fingerprint density at radius 3 is 2.62 bits per heavy atom. The van der Waals surface area contributed by atoms with Crippen LogP contribution in [0, 0.1) is 16.0 Å². The highest BCUT2D eigenvalue weighted by Crippen LogP contribution is 2.17. The first-order chi connectivity index (χ1) is 10.1. The van der Waals surface area contributed by atoms with Crippen LogP contribution >= 0.6 is 11.3 Å². The van der Waals surface area contributed by atoms with Crippen LogP contribution in [0.2, 0.25) is 0 Å². The highest BCUT2D eigenvalue weighted by Gasteiger charge is 2.18. The van der Waals surface area contributed by atoms with Gasteiger partial charge in [0.05, 0.1) is 4.88 Å². The van der Waals surface area contributed by atoms with Gasteiger partial charge in [-0.1, -0.05) is 48.6 Å². The molecule has 5 heteroatoms. The fourth-order valence-electron chi connectivity index (χ4n) is 1.97. The van der Waals surface area contributed by atoms with Gasteiger partial charge in [-0.2, -0.15) is 0 Å². The van der Waals surface area contributed by atoms with Gasteiger partial charge in [0.25, 0.3) is 0 Å². The molecule has 1 aromatic carbocycles. The summed E-state index contributed by atoms with van der Waals surface area (Å²) in [4.78, 5) is 23.1. The van der Waals surface area contributed by atoms with Crippen molar-refractivity contribution in [2.24, 2.45) is 5.92 Å². The quantitative estimate of drug-likeness (QED) is 0.442. The second kappa shape index (κ2) is 7.50. The van der Waals surface area contributed by atoms with Crippen LogP contribution in [-0.4, -0.2) is 17.3 Å². The van der Waals surface area contributed by atoms with E-state index in [0.29, 0.717) is 4.88 Å². The fraction of sp³-hybridized carbons (Fsp3) is 0.188. The molecular formula is C16H15NO3S. The van der Waals surface area contributed by atoms with Crippen molar-refractivity contribution in [1.29, 1.82) is 0 Å². The molecule has 1 unspecified atom stereocenters. The van der Waals surface area contributed by atoms with Gasteiger partial charge in [0.1, 0.15) is 0 Å². The number of ketones is 1. The van der Waals surface area contributed by atoms with Gasteiger partial charge in [0.2, 0.25) is 6.54 Å². The maximum Gasteiger partial charge on any atom is 0.210 e. The summed E-state index contributed by atoms with van der Waals surface area (Å²) >= 11 is 1.36. The van der Waals surface area contributed by atoms with Crippen LogP contribution in [0.4, 0.5) is 0 Å². The molecule has 0 radical (unpaired) electrons. The van der Waals surface area contributed by atoms with Gasteiger partial charge in [-0.05, 0) is 17.0 Å². The van der Waals surface area contributed by atoms with Crippen molar-refractivity contribution in [3.05, 3.63) is 74.5 Å². The third-order valence-corrected chi connectivity index (χ3v) is 3.90. The zero-order valence-electron chi connectivity index (χ0n) is 11.3. The number of thiophene rings is 1. The van der Waals surface area contributed by atoms with Crippen LogP contribution in [0.15, 0.2) is 53.9 Å². The normalized spacial score (nSPS) is 12.4. The SMILES string of the molecule is O=C(CC(/C=C/c1ccccc1)C[N+](=O)[O-])c1cccs1. The summed E-state index contributed by atoms with van der Waals surface area (Å²) in [5.74, 6) is -0.440. The van der Waals surface area contributed by atoms with Crippen LogP contribution in [-0.2, 0) is 0 Å². The molecule has 4 nitrogen and oxygen atoms in total. The third kappa shape index (κ3) is 4.96. The molecule has 0 N–H and O–H groups in total. The van der Waals surface area contributed by atoms with Gasteiger partial charge in [-0.25, -0.2) is 0 Å². The second-order valence-electron chi connectivity index (χ2n) is 4.65. The molecule has 2 rings (SSSR count). The van der Waals surface area contributed by atoms with E-state index in [1.807, 2.05) is 41.8 Å². The predicted molar refractivity (Wildman–Crippen MR) is 84.1 cm³/mol. The van der Waals surface area contributed by atoms with Gasteiger partial charge in [-0.15, -0.1) is 11.3 Å². The minimum absolute atomic E-state index is 0.0467. The van der Waals surface area contributed by atoms with E-state index in [0.717, 1.165) is 5.56 Å². The number of Topliss-reactive ketones (excluding diaryl/α,β-unsaturated/α-hetero) is 1. The Morgan fingerprint density at radius 1 is 1.24 bits per heavy atom. The van der Waals surface area contributed by atoms with E-state index in [1.165, 1.54) is 11.3 Å². The molecule has 0 saturated carbocycles. The van der Waals surface area contributed by atoms with Crippen molar-refractivity contribution >= 4 is 23.2 Å². The number of nitro groups is 1. The molecule has 0 fully saturated rings. The van der Waals surface area contributed by atoms with Crippen molar-refractivity contribution in [3.63, 3.8) is 0 Å². The lowest BCUT2D eigenvalue weighted by Crippen LogP contribution is -2.16.